The number of phenolic OH excluding ortho intramolecular Hbond substituents is 3. The van der Waals surface area contributed by atoms with Gasteiger partial charge < -0.3 is 24.8 Å². The predicted molar refractivity (Wildman–Crippen MR) is 72.0 cm³/mol. The molecule has 5 nitrogen and oxygen atoms in total. The van der Waals surface area contributed by atoms with Gasteiger partial charge in [0.15, 0.2) is 0 Å². The molecule has 1 unspecified atom stereocenters. The molecular formula is C15H12O5. The van der Waals surface area contributed by atoms with Crippen LogP contribution in [0.1, 0.15) is 5.56 Å². The normalized spacial score (nSPS) is 16.3. The highest BCUT2D eigenvalue weighted by Gasteiger charge is 2.19. The van der Waals surface area contributed by atoms with Crippen LogP contribution < -0.4 is 9.47 Å². The van der Waals surface area contributed by atoms with Crippen molar-refractivity contribution >= 4 is 6.08 Å². The number of hydrogen-bond donors (Lipinski definition) is 3. The summed E-state index contributed by atoms with van der Waals surface area (Å²) in [7, 11) is 0. The van der Waals surface area contributed by atoms with E-state index in [4.69, 9.17) is 9.47 Å². The fraction of sp³-hybridized carbons (Fsp3) is 0.0667. The monoisotopic (exact) mass is 272 g/mol. The van der Waals surface area contributed by atoms with Gasteiger partial charge in [0.1, 0.15) is 28.7 Å². The van der Waals surface area contributed by atoms with Gasteiger partial charge in [0.25, 0.3) is 6.29 Å². The molecule has 0 bridgehead atoms. The van der Waals surface area contributed by atoms with E-state index in [1.165, 1.54) is 24.3 Å². The third-order valence-electron chi connectivity index (χ3n) is 2.86. The number of benzene rings is 2. The van der Waals surface area contributed by atoms with E-state index < -0.39 is 6.29 Å². The number of aromatic hydroxyl groups is 3. The second kappa shape index (κ2) is 4.70. The molecule has 0 aliphatic carbocycles. The molecule has 0 saturated carbocycles. The van der Waals surface area contributed by atoms with Crippen LogP contribution in [-0.2, 0) is 0 Å². The summed E-state index contributed by atoms with van der Waals surface area (Å²) in [6.45, 7) is 0. The smallest absolute Gasteiger partial charge is 0.260 e. The van der Waals surface area contributed by atoms with Gasteiger partial charge in [-0.25, -0.2) is 0 Å². The lowest BCUT2D eigenvalue weighted by atomic mass is 10.1. The molecule has 3 N–H and O–H groups in total. The highest BCUT2D eigenvalue weighted by Crippen LogP contribution is 2.37. The molecular weight excluding hydrogens is 260 g/mol. The first-order chi connectivity index (χ1) is 9.61. The molecule has 5 heteroatoms. The van der Waals surface area contributed by atoms with Crippen LogP contribution in [0.2, 0.25) is 0 Å². The van der Waals surface area contributed by atoms with Crippen LogP contribution in [0.3, 0.4) is 0 Å². The fourth-order valence-corrected chi connectivity index (χ4v) is 1.92. The minimum Gasteiger partial charge on any atom is -0.508 e. The van der Waals surface area contributed by atoms with Crippen molar-refractivity contribution in [1.82, 2.24) is 0 Å². The topological polar surface area (TPSA) is 79.2 Å². The van der Waals surface area contributed by atoms with Crippen molar-refractivity contribution < 1.29 is 24.8 Å². The van der Waals surface area contributed by atoms with Crippen LogP contribution in [0.15, 0.2) is 42.5 Å². The minimum atomic E-state index is -0.673. The summed E-state index contributed by atoms with van der Waals surface area (Å²) >= 11 is 0. The summed E-state index contributed by atoms with van der Waals surface area (Å²) < 4.78 is 11.1. The van der Waals surface area contributed by atoms with Crippen molar-refractivity contribution in [2.45, 2.75) is 6.29 Å². The first-order valence-corrected chi connectivity index (χ1v) is 5.98. The minimum absolute atomic E-state index is 0.0562. The van der Waals surface area contributed by atoms with Crippen molar-refractivity contribution in [1.29, 1.82) is 0 Å². The average Bonchev–Trinajstić information content (AvgIpc) is 2.41. The van der Waals surface area contributed by atoms with Crippen molar-refractivity contribution in [2.24, 2.45) is 0 Å². The second-order valence-corrected chi connectivity index (χ2v) is 4.33. The zero-order valence-electron chi connectivity index (χ0n) is 10.4. The van der Waals surface area contributed by atoms with Gasteiger partial charge in [-0.2, -0.15) is 0 Å². The van der Waals surface area contributed by atoms with E-state index in [-0.39, 0.29) is 17.2 Å². The van der Waals surface area contributed by atoms with Gasteiger partial charge in [-0.3, -0.25) is 0 Å². The van der Waals surface area contributed by atoms with Crippen LogP contribution in [0.5, 0.6) is 28.7 Å². The fourth-order valence-electron chi connectivity index (χ4n) is 1.92. The molecule has 0 aromatic heterocycles. The van der Waals surface area contributed by atoms with Crippen molar-refractivity contribution in [3.05, 3.63) is 48.0 Å². The van der Waals surface area contributed by atoms with Crippen LogP contribution in [0.4, 0.5) is 0 Å². The largest absolute Gasteiger partial charge is 0.508 e. The second-order valence-electron chi connectivity index (χ2n) is 4.33. The van der Waals surface area contributed by atoms with E-state index in [9.17, 15) is 15.3 Å². The van der Waals surface area contributed by atoms with Gasteiger partial charge in [0.05, 0.1) is 5.56 Å². The van der Waals surface area contributed by atoms with Crippen LogP contribution in [0, 0.1) is 0 Å². The Kier molecular flexibility index (Phi) is 2.87. The molecule has 1 atom stereocenters. The van der Waals surface area contributed by atoms with E-state index in [1.807, 2.05) is 0 Å². The van der Waals surface area contributed by atoms with Crippen molar-refractivity contribution in [2.75, 3.05) is 0 Å². The Balaban J connectivity index is 1.81. The summed E-state index contributed by atoms with van der Waals surface area (Å²) in [6, 6.07) is 8.89. The molecule has 0 saturated heterocycles. The van der Waals surface area contributed by atoms with Gasteiger partial charge >= 0.3 is 0 Å². The van der Waals surface area contributed by atoms with E-state index >= 15 is 0 Å². The Bertz CT molecular complexity index is 661. The van der Waals surface area contributed by atoms with E-state index in [2.05, 4.69) is 0 Å². The summed E-state index contributed by atoms with van der Waals surface area (Å²) in [4.78, 5) is 0. The Morgan fingerprint density at radius 2 is 1.70 bits per heavy atom. The maximum Gasteiger partial charge on any atom is 0.260 e. The standard InChI is InChI=1S/C15H12O5/c16-9-1-3-11(4-2-9)19-15-6-5-12-13(18)7-10(17)8-14(12)20-15/h1-8,15-18H. The highest BCUT2D eigenvalue weighted by molar-refractivity contribution is 5.67. The van der Waals surface area contributed by atoms with Gasteiger partial charge in [0.2, 0.25) is 0 Å². The van der Waals surface area contributed by atoms with Gasteiger partial charge in [-0.05, 0) is 36.4 Å². The predicted octanol–water partition coefficient (Wildman–Crippen LogP) is 2.61. The molecule has 2 aromatic rings. The summed E-state index contributed by atoms with van der Waals surface area (Å²) in [5.74, 6) is 0.885. The summed E-state index contributed by atoms with van der Waals surface area (Å²) in [5, 5.41) is 28.3. The van der Waals surface area contributed by atoms with Crippen molar-refractivity contribution in [3.8, 4) is 28.7 Å². The van der Waals surface area contributed by atoms with E-state index in [0.29, 0.717) is 17.1 Å². The lowest BCUT2D eigenvalue weighted by molar-refractivity contribution is 0.0450. The molecule has 0 amide bonds. The maximum atomic E-state index is 9.68. The number of ether oxygens (including phenoxy) is 2. The Labute approximate surface area is 114 Å². The molecule has 1 aliphatic rings. The SMILES string of the molecule is Oc1ccc(OC2C=Cc3c(O)cc(O)cc3O2)cc1. The zero-order chi connectivity index (χ0) is 14.1. The Hall–Kier alpha value is -2.82. The Morgan fingerprint density at radius 3 is 2.45 bits per heavy atom. The number of rotatable bonds is 2. The lowest BCUT2D eigenvalue weighted by Gasteiger charge is -2.22. The zero-order valence-corrected chi connectivity index (χ0v) is 10.4. The van der Waals surface area contributed by atoms with Crippen LogP contribution in [-0.4, -0.2) is 21.6 Å². The summed E-state index contributed by atoms with van der Waals surface area (Å²) in [5.41, 5.74) is 0.494. The van der Waals surface area contributed by atoms with Crippen LogP contribution >= 0.6 is 0 Å². The molecule has 1 heterocycles. The molecule has 102 valence electrons. The Morgan fingerprint density at radius 1 is 0.950 bits per heavy atom. The first kappa shape index (κ1) is 12.2. The highest BCUT2D eigenvalue weighted by atomic mass is 16.7. The van der Waals surface area contributed by atoms with Gasteiger partial charge in [0, 0.05) is 12.1 Å². The lowest BCUT2D eigenvalue weighted by Crippen LogP contribution is -2.23. The summed E-state index contributed by atoms with van der Waals surface area (Å²) in [6.07, 6.45) is 2.64. The van der Waals surface area contributed by atoms with Gasteiger partial charge in [-0.1, -0.05) is 0 Å². The average molecular weight is 272 g/mol. The number of hydrogen-bond acceptors (Lipinski definition) is 5. The first-order valence-electron chi connectivity index (χ1n) is 5.98. The molecule has 0 fully saturated rings. The third kappa shape index (κ3) is 2.33. The molecule has 2 aromatic carbocycles. The van der Waals surface area contributed by atoms with Crippen molar-refractivity contribution in [3.63, 3.8) is 0 Å². The number of phenols is 3. The van der Waals surface area contributed by atoms with E-state index in [0.717, 1.165) is 0 Å². The van der Waals surface area contributed by atoms with Gasteiger partial charge in [-0.15, -0.1) is 0 Å². The molecule has 3 rings (SSSR count). The maximum absolute atomic E-state index is 9.68. The number of fused-ring (bicyclic) bond motifs is 1. The third-order valence-corrected chi connectivity index (χ3v) is 2.86. The van der Waals surface area contributed by atoms with E-state index in [1.54, 1.807) is 24.3 Å². The quantitative estimate of drug-likeness (QED) is 0.783. The molecule has 1 aliphatic heterocycles. The molecule has 20 heavy (non-hydrogen) atoms. The van der Waals surface area contributed by atoms with Crippen LogP contribution in [0.25, 0.3) is 6.08 Å². The molecule has 0 spiro atoms. The molecule has 0 radical (unpaired) electrons.